The van der Waals surface area contributed by atoms with Crippen LogP contribution in [-0.4, -0.2) is 18.9 Å². The summed E-state index contributed by atoms with van der Waals surface area (Å²) in [6, 6.07) is 7.55. The van der Waals surface area contributed by atoms with Gasteiger partial charge >= 0.3 is 0 Å². The number of rotatable bonds is 5. The fraction of sp³-hybridized carbons (Fsp3) is 0.471. The van der Waals surface area contributed by atoms with Crippen LogP contribution in [0.3, 0.4) is 0 Å². The molecule has 1 N–H and O–H groups in total. The summed E-state index contributed by atoms with van der Waals surface area (Å²) >= 11 is 0. The highest BCUT2D eigenvalue weighted by Gasteiger charge is 2.27. The van der Waals surface area contributed by atoms with Crippen molar-refractivity contribution in [3.8, 4) is 0 Å². The Bertz CT molecular complexity index is 780. The van der Waals surface area contributed by atoms with Gasteiger partial charge in [0.25, 0.3) is 10.0 Å². The molecule has 0 aliphatic rings. The molecule has 2 rings (SSSR count). The first-order valence-corrected chi connectivity index (χ1v) is 9.08. The predicted molar refractivity (Wildman–Crippen MR) is 90.5 cm³/mol. The van der Waals surface area contributed by atoms with E-state index in [1.165, 1.54) is 0 Å². The molecule has 0 aliphatic heterocycles. The molecule has 120 valence electrons. The third kappa shape index (κ3) is 3.31. The number of nitrogens with one attached hydrogen (secondary N) is 1. The second-order valence-electron chi connectivity index (χ2n) is 6.56. The van der Waals surface area contributed by atoms with Crippen LogP contribution in [0.2, 0.25) is 0 Å². The molecule has 2 aromatic rings. The molecule has 0 bridgehead atoms. The number of aromatic nitrogens is 1. The summed E-state index contributed by atoms with van der Waals surface area (Å²) in [7, 11) is -3.66. The van der Waals surface area contributed by atoms with Gasteiger partial charge in [-0.3, -0.25) is 0 Å². The van der Waals surface area contributed by atoms with Crippen LogP contribution in [0.5, 0.6) is 0 Å². The monoisotopic (exact) mass is 320 g/mol. The van der Waals surface area contributed by atoms with Crippen LogP contribution in [0.25, 0.3) is 10.8 Å². The van der Waals surface area contributed by atoms with Crippen molar-refractivity contribution in [3.63, 3.8) is 0 Å². The molecule has 0 fully saturated rings. The molecule has 0 saturated heterocycles. The molecule has 1 aromatic carbocycles. The minimum Gasteiger partial charge on any atom is -0.243 e. The average Bonchev–Trinajstić information content (AvgIpc) is 2.44. The van der Waals surface area contributed by atoms with Crippen molar-refractivity contribution in [1.82, 2.24) is 9.71 Å². The van der Waals surface area contributed by atoms with Crippen molar-refractivity contribution >= 4 is 20.8 Å². The van der Waals surface area contributed by atoms with E-state index in [1.54, 1.807) is 6.20 Å². The van der Waals surface area contributed by atoms with Gasteiger partial charge in [0.1, 0.15) is 0 Å². The fourth-order valence-electron chi connectivity index (χ4n) is 2.35. The number of sulfonamides is 1. The second-order valence-corrected chi connectivity index (χ2v) is 8.16. The first-order chi connectivity index (χ1) is 10.2. The Hall–Kier alpha value is -1.46. The van der Waals surface area contributed by atoms with Crippen LogP contribution in [0.4, 0.5) is 0 Å². The fourth-order valence-corrected chi connectivity index (χ4v) is 3.97. The Morgan fingerprint density at radius 2 is 1.77 bits per heavy atom. The first kappa shape index (κ1) is 16.9. The van der Waals surface area contributed by atoms with Gasteiger partial charge in [-0.15, -0.1) is 0 Å². The number of pyridine rings is 1. The van der Waals surface area contributed by atoms with E-state index in [1.807, 2.05) is 45.0 Å². The maximum absolute atomic E-state index is 12.7. The summed E-state index contributed by atoms with van der Waals surface area (Å²) in [5.41, 5.74) is 0.558. The van der Waals surface area contributed by atoms with E-state index in [-0.39, 0.29) is 10.9 Å². The molecule has 0 atom stereocenters. The number of hydrogen-bond donors (Lipinski definition) is 1. The van der Waals surface area contributed by atoms with Gasteiger partial charge in [-0.25, -0.2) is 18.1 Å². The molecule has 0 amide bonds. The van der Waals surface area contributed by atoms with Crippen molar-refractivity contribution in [1.29, 1.82) is 0 Å². The molecule has 0 aliphatic carbocycles. The highest BCUT2D eigenvalue weighted by Crippen LogP contribution is 2.29. The zero-order valence-corrected chi connectivity index (χ0v) is 14.7. The minimum absolute atomic E-state index is 0.106. The Morgan fingerprint density at radius 3 is 2.32 bits per heavy atom. The third-order valence-electron chi connectivity index (χ3n) is 3.96. The SMILES string of the molecule is CCC(C)(C)NS(=O)(=O)c1ncc(C(C)C)c2ccccc12. The van der Waals surface area contributed by atoms with Gasteiger partial charge in [0.15, 0.2) is 5.03 Å². The molecule has 0 spiro atoms. The van der Waals surface area contributed by atoms with Gasteiger partial charge in [-0.05, 0) is 37.1 Å². The standard InChI is InChI=1S/C17H24N2O2S/c1-6-17(4,5)19-22(20,21)16-14-10-8-7-9-13(14)15(11-18-16)12(2)3/h7-12,19H,6H2,1-5H3. The molecular formula is C17H24N2O2S. The quantitative estimate of drug-likeness (QED) is 0.911. The van der Waals surface area contributed by atoms with Crippen molar-refractivity contribution in [2.24, 2.45) is 0 Å². The van der Waals surface area contributed by atoms with E-state index in [0.717, 1.165) is 10.9 Å². The summed E-state index contributed by atoms with van der Waals surface area (Å²) in [6.07, 6.45) is 2.38. The molecule has 0 unspecified atom stereocenters. The molecule has 1 aromatic heterocycles. The van der Waals surface area contributed by atoms with E-state index < -0.39 is 15.6 Å². The normalized spacial score (nSPS) is 13.0. The van der Waals surface area contributed by atoms with Gasteiger partial charge in [-0.1, -0.05) is 45.0 Å². The van der Waals surface area contributed by atoms with Crippen molar-refractivity contribution in [2.45, 2.75) is 57.5 Å². The van der Waals surface area contributed by atoms with Crippen molar-refractivity contribution in [2.75, 3.05) is 0 Å². The number of benzene rings is 1. The van der Waals surface area contributed by atoms with Crippen LogP contribution in [0.15, 0.2) is 35.5 Å². The third-order valence-corrected chi connectivity index (χ3v) is 5.62. The smallest absolute Gasteiger partial charge is 0.243 e. The van der Waals surface area contributed by atoms with Crippen LogP contribution in [0, 0.1) is 0 Å². The summed E-state index contributed by atoms with van der Waals surface area (Å²) in [5, 5.41) is 1.73. The highest BCUT2D eigenvalue weighted by atomic mass is 32.2. The number of fused-ring (bicyclic) bond motifs is 1. The molecule has 0 saturated carbocycles. The number of hydrogen-bond acceptors (Lipinski definition) is 3. The van der Waals surface area contributed by atoms with Gasteiger partial charge < -0.3 is 0 Å². The Balaban J connectivity index is 2.65. The van der Waals surface area contributed by atoms with Crippen LogP contribution in [-0.2, 0) is 10.0 Å². The largest absolute Gasteiger partial charge is 0.259 e. The Kier molecular flexibility index (Phi) is 4.59. The molecule has 22 heavy (non-hydrogen) atoms. The second kappa shape index (κ2) is 5.97. The predicted octanol–water partition coefficient (Wildman–Crippen LogP) is 3.83. The molecule has 0 radical (unpaired) electrons. The van der Waals surface area contributed by atoms with Crippen molar-refractivity contribution < 1.29 is 8.42 Å². The van der Waals surface area contributed by atoms with Gasteiger partial charge in [-0.2, -0.15) is 0 Å². The van der Waals surface area contributed by atoms with Gasteiger partial charge in [0.2, 0.25) is 0 Å². The van der Waals surface area contributed by atoms with E-state index in [2.05, 4.69) is 23.6 Å². The summed E-state index contributed by atoms with van der Waals surface area (Å²) in [4.78, 5) is 4.27. The lowest BCUT2D eigenvalue weighted by atomic mass is 9.99. The molecular weight excluding hydrogens is 296 g/mol. The topological polar surface area (TPSA) is 59.1 Å². The Labute approximate surface area is 133 Å². The van der Waals surface area contributed by atoms with Gasteiger partial charge in [0.05, 0.1) is 0 Å². The Morgan fingerprint density at radius 1 is 1.18 bits per heavy atom. The summed E-state index contributed by atoms with van der Waals surface area (Å²) in [6.45, 7) is 9.85. The lowest BCUT2D eigenvalue weighted by Gasteiger charge is -2.24. The van der Waals surface area contributed by atoms with E-state index >= 15 is 0 Å². The van der Waals surface area contributed by atoms with Crippen LogP contribution >= 0.6 is 0 Å². The van der Waals surface area contributed by atoms with Gasteiger partial charge in [0, 0.05) is 17.1 Å². The van der Waals surface area contributed by atoms with E-state index in [0.29, 0.717) is 11.8 Å². The maximum atomic E-state index is 12.7. The minimum atomic E-state index is -3.66. The highest BCUT2D eigenvalue weighted by molar-refractivity contribution is 7.89. The summed E-state index contributed by atoms with van der Waals surface area (Å²) < 4.78 is 28.2. The zero-order valence-electron chi connectivity index (χ0n) is 13.8. The number of nitrogens with zero attached hydrogens (tertiary/aromatic N) is 1. The first-order valence-electron chi connectivity index (χ1n) is 7.59. The van der Waals surface area contributed by atoms with Crippen LogP contribution < -0.4 is 4.72 Å². The van der Waals surface area contributed by atoms with Crippen molar-refractivity contribution in [3.05, 3.63) is 36.0 Å². The summed E-state index contributed by atoms with van der Waals surface area (Å²) in [5.74, 6) is 0.286. The molecule has 4 nitrogen and oxygen atoms in total. The zero-order chi connectivity index (χ0) is 16.5. The van der Waals surface area contributed by atoms with Crippen LogP contribution in [0.1, 0.15) is 52.5 Å². The van der Waals surface area contributed by atoms with E-state index in [4.69, 9.17) is 0 Å². The average molecular weight is 320 g/mol. The molecule has 5 heteroatoms. The van der Waals surface area contributed by atoms with E-state index in [9.17, 15) is 8.42 Å². The lowest BCUT2D eigenvalue weighted by Crippen LogP contribution is -2.43. The maximum Gasteiger partial charge on any atom is 0.259 e. The lowest BCUT2D eigenvalue weighted by molar-refractivity contribution is 0.439. The molecule has 1 heterocycles.